The quantitative estimate of drug-likeness (QED) is 0.441. The second kappa shape index (κ2) is 10.7. The molecule has 1 aromatic heterocycles. The van der Waals surface area contributed by atoms with Gasteiger partial charge in [0.25, 0.3) is 5.91 Å². The van der Waals surface area contributed by atoms with Crippen molar-refractivity contribution in [2.45, 2.75) is 45.8 Å². The molecule has 9 heteroatoms. The van der Waals surface area contributed by atoms with Crippen LogP contribution in [-0.2, 0) is 24.3 Å². The first-order valence-corrected chi connectivity index (χ1v) is 11.6. The van der Waals surface area contributed by atoms with E-state index in [0.29, 0.717) is 16.8 Å². The average Bonchev–Trinajstić information content (AvgIpc) is 3.27. The Morgan fingerprint density at radius 2 is 1.94 bits per heavy atom. The number of ketones is 1. The topological polar surface area (TPSA) is 112 Å². The maximum absolute atomic E-state index is 13.5. The number of nitrogens with one attached hydrogen (secondary N) is 1. The van der Waals surface area contributed by atoms with Crippen molar-refractivity contribution in [1.29, 1.82) is 0 Å². The number of halogens is 1. The number of aryl methyl sites for hydroxylation is 2. The van der Waals surface area contributed by atoms with Crippen molar-refractivity contribution in [2.75, 3.05) is 6.54 Å². The zero-order chi connectivity index (χ0) is 25.8. The van der Waals surface area contributed by atoms with Crippen LogP contribution in [0.4, 0.5) is 4.39 Å². The van der Waals surface area contributed by atoms with Gasteiger partial charge in [0.2, 0.25) is 0 Å². The van der Waals surface area contributed by atoms with Gasteiger partial charge in [-0.2, -0.15) is 0 Å². The first-order chi connectivity index (χ1) is 17.2. The number of aliphatic carboxylic acids is 1. The van der Waals surface area contributed by atoms with Gasteiger partial charge in [-0.15, -0.1) is 0 Å². The molecule has 1 atom stereocenters. The van der Waals surface area contributed by atoms with Gasteiger partial charge < -0.3 is 10.4 Å². The highest BCUT2D eigenvalue weighted by Gasteiger charge is 2.30. The van der Waals surface area contributed by atoms with E-state index in [1.54, 1.807) is 31.2 Å². The van der Waals surface area contributed by atoms with Crippen molar-refractivity contribution in [1.82, 2.24) is 20.2 Å². The summed E-state index contributed by atoms with van der Waals surface area (Å²) in [6, 6.07) is 11.6. The Bertz CT molecular complexity index is 1330. The van der Waals surface area contributed by atoms with Crippen molar-refractivity contribution in [3.63, 3.8) is 0 Å². The first kappa shape index (κ1) is 25.1. The number of nitrogens with zero attached hydrogens (tertiary/aromatic N) is 3. The van der Waals surface area contributed by atoms with E-state index in [2.05, 4.69) is 15.3 Å². The zero-order valence-corrected chi connectivity index (χ0v) is 20.1. The van der Waals surface area contributed by atoms with Gasteiger partial charge >= 0.3 is 5.97 Å². The number of hydrogen-bond acceptors (Lipinski definition) is 6. The molecule has 0 fully saturated rings. The molecule has 0 radical (unpaired) electrons. The maximum atomic E-state index is 13.5. The number of hydrogen-bond donors (Lipinski definition) is 2. The Morgan fingerprint density at radius 3 is 2.67 bits per heavy atom. The van der Waals surface area contributed by atoms with Gasteiger partial charge in [-0.1, -0.05) is 24.3 Å². The van der Waals surface area contributed by atoms with Crippen LogP contribution in [0, 0.1) is 12.7 Å². The highest BCUT2D eigenvalue weighted by Crippen LogP contribution is 2.37. The number of carboxylic acids is 1. The van der Waals surface area contributed by atoms with Gasteiger partial charge in [0.1, 0.15) is 17.8 Å². The van der Waals surface area contributed by atoms with Crippen LogP contribution >= 0.6 is 0 Å². The van der Waals surface area contributed by atoms with Gasteiger partial charge in [-0.3, -0.25) is 19.3 Å². The summed E-state index contributed by atoms with van der Waals surface area (Å²) in [5, 5.41) is 12.3. The summed E-state index contributed by atoms with van der Waals surface area (Å²) in [5.74, 6) is -1.69. The predicted octanol–water partition coefficient (Wildman–Crippen LogP) is 3.63. The normalized spacial score (nSPS) is 14.5. The summed E-state index contributed by atoms with van der Waals surface area (Å²) in [6.07, 6.45) is 2.75. The lowest BCUT2D eigenvalue weighted by Crippen LogP contribution is -2.33. The molecule has 2 aromatic carbocycles. The molecular weight excluding hydrogens is 463 g/mol. The van der Waals surface area contributed by atoms with Gasteiger partial charge in [-0.05, 0) is 67.1 Å². The minimum Gasteiger partial charge on any atom is -0.480 e. The molecule has 1 aliphatic carbocycles. The Balaban J connectivity index is 1.49. The molecule has 0 bridgehead atoms. The van der Waals surface area contributed by atoms with Crippen molar-refractivity contribution < 1.29 is 23.9 Å². The SMILES string of the molecule is CC(=O)c1ccc2c(c1)CCC2N(CC(=O)O)Cc1cc(C(=O)NCc2ccc(F)c(C)c2)ncn1. The molecular formula is C27H27FN4O4. The second-order valence-electron chi connectivity index (χ2n) is 8.98. The van der Waals surface area contributed by atoms with Crippen LogP contribution in [0.2, 0.25) is 0 Å². The van der Waals surface area contributed by atoms with E-state index in [0.717, 1.165) is 29.5 Å². The van der Waals surface area contributed by atoms with Gasteiger partial charge in [0.05, 0.1) is 12.2 Å². The minimum absolute atomic E-state index is 0.00926. The minimum atomic E-state index is -0.967. The van der Waals surface area contributed by atoms with E-state index in [-0.39, 0.29) is 43.0 Å². The van der Waals surface area contributed by atoms with Crippen LogP contribution in [0.3, 0.4) is 0 Å². The molecule has 0 spiro atoms. The summed E-state index contributed by atoms with van der Waals surface area (Å²) in [6.45, 7) is 3.41. The molecule has 186 valence electrons. The third-order valence-corrected chi connectivity index (χ3v) is 6.37. The van der Waals surface area contributed by atoms with Crippen LogP contribution in [0.15, 0.2) is 48.8 Å². The van der Waals surface area contributed by atoms with E-state index in [9.17, 15) is 23.9 Å². The number of carboxylic acid groups (broad SMARTS) is 1. The lowest BCUT2D eigenvalue weighted by molar-refractivity contribution is -0.139. The number of fused-ring (bicyclic) bond motifs is 1. The molecule has 8 nitrogen and oxygen atoms in total. The summed E-state index contributed by atoms with van der Waals surface area (Å²) in [4.78, 5) is 46.2. The number of Topliss-reactive ketones (excluding diaryl/α,β-unsaturated/α-hetero) is 1. The second-order valence-corrected chi connectivity index (χ2v) is 8.98. The Kier molecular flexibility index (Phi) is 7.49. The summed E-state index contributed by atoms with van der Waals surface area (Å²) < 4.78 is 13.5. The molecule has 1 amide bonds. The summed E-state index contributed by atoms with van der Waals surface area (Å²) in [5.41, 5.74) is 4.62. The Labute approximate surface area is 208 Å². The molecule has 0 saturated carbocycles. The average molecular weight is 491 g/mol. The smallest absolute Gasteiger partial charge is 0.317 e. The first-order valence-electron chi connectivity index (χ1n) is 11.6. The number of benzene rings is 2. The van der Waals surface area contributed by atoms with Gasteiger partial charge in [0.15, 0.2) is 5.78 Å². The zero-order valence-electron chi connectivity index (χ0n) is 20.1. The van der Waals surface area contributed by atoms with Crippen molar-refractivity contribution >= 4 is 17.7 Å². The Hall–Kier alpha value is -3.98. The summed E-state index contributed by atoms with van der Waals surface area (Å²) >= 11 is 0. The lowest BCUT2D eigenvalue weighted by atomic mass is 10.0. The molecule has 2 N–H and O–H groups in total. The third-order valence-electron chi connectivity index (χ3n) is 6.37. The number of rotatable bonds is 9. The summed E-state index contributed by atoms with van der Waals surface area (Å²) in [7, 11) is 0. The molecule has 1 heterocycles. The number of carbonyl (C=O) groups excluding carboxylic acids is 2. The van der Waals surface area contributed by atoms with Crippen molar-refractivity contribution in [2.24, 2.45) is 0 Å². The van der Waals surface area contributed by atoms with Crippen LogP contribution < -0.4 is 5.32 Å². The monoisotopic (exact) mass is 490 g/mol. The van der Waals surface area contributed by atoms with E-state index >= 15 is 0 Å². The van der Waals surface area contributed by atoms with E-state index in [4.69, 9.17) is 0 Å². The third kappa shape index (κ3) is 5.80. The fraction of sp³-hybridized carbons (Fsp3) is 0.296. The highest BCUT2D eigenvalue weighted by atomic mass is 19.1. The Morgan fingerprint density at radius 1 is 1.14 bits per heavy atom. The van der Waals surface area contributed by atoms with E-state index in [1.165, 1.54) is 19.3 Å². The van der Waals surface area contributed by atoms with Crippen LogP contribution in [0.5, 0.6) is 0 Å². The van der Waals surface area contributed by atoms with Crippen molar-refractivity contribution in [3.05, 3.63) is 93.8 Å². The van der Waals surface area contributed by atoms with Crippen LogP contribution in [0.25, 0.3) is 0 Å². The van der Waals surface area contributed by atoms with Gasteiger partial charge in [-0.25, -0.2) is 14.4 Å². The predicted molar refractivity (Wildman–Crippen MR) is 130 cm³/mol. The van der Waals surface area contributed by atoms with Crippen molar-refractivity contribution in [3.8, 4) is 0 Å². The fourth-order valence-electron chi connectivity index (χ4n) is 4.55. The lowest BCUT2D eigenvalue weighted by Gasteiger charge is -2.28. The fourth-order valence-corrected chi connectivity index (χ4v) is 4.55. The largest absolute Gasteiger partial charge is 0.480 e. The number of carbonyl (C=O) groups is 3. The molecule has 1 aliphatic rings. The molecule has 4 rings (SSSR count). The highest BCUT2D eigenvalue weighted by molar-refractivity contribution is 5.94. The standard InChI is InChI=1S/C27H27FN4O4/c1-16-9-18(3-7-23(16)28)12-29-27(36)24-11-21(30-15-31-24)13-32(14-26(34)35)25-8-5-20-10-19(17(2)33)4-6-22(20)25/h3-4,6-7,9-11,15,25H,5,8,12-14H2,1-2H3,(H,29,36)(H,34,35). The molecule has 0 aliphatic heterocycles. The van der Waals surface area contributed by atoms with Crippen LogP contribution in [0.1, 0.15) is 68.2 Å². The van der Waals surface area contributed by atoms with Crippen LogP contribution in [-0.4, -0.2) is 44.2 Å². The number of aromatic nitrogens is 2. The van der Waals surface area contributed by atoms with Gasteiger partial charge in [0, 0.05) is 24.7 Å². The molecule has 0 saturated heterocycles. The molecule has 36 heavy (non-hydrogen) atoms. The van der Waals surface area contributed by atoms with E-state index < -0.39 is 11.9 Å². The molecule has 1 unspecified atom stereocenters. The molecule has 3 aromatic rings. The number of amides is 1. The maximum Gasteiger partial charge on any atom is 0.317 e. The van der Waals surface area contributed by atoms with E-state index in [1.807, 2.05) is 17.0 Å².